The van der Waals surface area contributed by atoms with Crippen LogP contribution in [0.5, 0.6) is 0 Å². The highest BCUT2D eigenvalue weighted by molar-refractivity contribution is 4.88. The average molecular weight is 311 g/mol. The van der Waals surface area contributed by atoms with Gasteiger partial charge < -0.3 is 14.3 Å². The van der Waals surface area contributed by atoms with Gasteiger partial charge >= 0.3 is 0 Å². The molecule has 0 aromatic heterocycles. The van der Waals surface area contributed by atoms with E-state index < -0.39 is 0 Å². The monoisotopic (exact) mass is 311 g/mol. The first-order valence-corrected chi connectivity index (χ1v) is 8.60. The van der Waals surface area contributed by atoms with Crippen LogP contribution in [-0.2, 0) is 14.3 Å². The lowest BCUT2D eigenvalue weighted by Crippen LogP contribution is -2.39. The third-order valence-electron chi connectivity index (χ3n) is 5.18. The van der Waals surface area contributed by atoms with E-state index in [2.05, 4.69) is 27.4 Å². The number of hydroxylamine groups is 2. The summed E-state index contributed by atoms with van der Waals surface area (Å²) in [5.74, 6) is 0.476. The Labute approximate surface area is 135 Å². The molecule has 0 aromatic carbocycles. The predicted molar refractivity (Wildman–Crippen MR) is 88.4 cm³/mol. The molecule has 1 aliphatic carbocycles. The first kappa shape index (κ1) is 17.9. The molecular formula is C18H33NO3. The van der Waals surface area contributed by atoms with E-state index in [-0.39, 0.29) is 11.9 Å². The molecule has 0 amide bonds. The van der Waals surface area contributed by atoms with Crippen LogP contribution in [0.2, 0.25) is 0 Å². The van der Waals surface area contributed by atoms with E-state index in [1.165, 1.54) is 12.8 Å². The Hall–Kier alpha value is -0.420. The van der Waals surface area contributed by atoms with Gasteiger partial charge in [-0.05, 0) is 30.6 Å². The maximum absolute atomic E-state index is 6.29. The maximum Gasteiger partial charge on any atom is 0.168 e. The number of ether oxygens (including phenoxy) is 2. The van der Waals surface area contributed by atoms with Gasteiger partial charge in [-0.1, -0.05) is 26.8 Å². The Kier molecular flexibility index (Phi) is 6.06. The second-order valence-corrected chi connectivity index (χ2v) is 7.75. The van der Waals surface area contributed by atoms with Gasteiger partial charge in [0.1, 0.15) is 0 Å². The van der Waals surface area contributed by atoms with Crippen molar-refractivity contribution in [2.45, 2.75) is 64.8 Å². The van der Waals surface area contributed by atoms with Crippen LogP contribution in [0.1, 0.15) is 52.9 Å². The van der Waals surface area contributed by atoms with Crippen molar-refractivity contribution in [2.24, 2.45) is 11.3 Å². The quantitative estimate of drug-likeness (QED) is 0.552. The van der Waals surface area contributed by atoms with E-state index in [0.29, 0.717) is 12.0 Å². The predicted octanol–water partition coefficient (Wildman–Crippen LogP) is 3.77. The molecule has 1 saturated heterocycles. The van der Waals surface area contributed by atoms with Crippen LogP contribution in [0.25, 0.3) is 0 Å². The lowest BCUT2D eigenvalue weighted by molar-refractivity contribution is -0.199. The van der Waals surface area contributed by atoms with Crippen molar-refractivity contribution >= 4 is 0 Å². The minimum absolute atomic E-state index is 0.189. The molecule has 0 aromatic rings. The summed E-state index contributed by atoms with van der Waals surface area (Å²) in [6.07, 6.45) is 7.46. The molecule has 2 rings (SSSR count). The molecule has 1 atom stereocenters. The molecular weight excluding hydrogens is 278 g/mol. The molecule has 4 heteroatoms. The molecule has 2 fully saturated rings. The summed E-state index contributed by atoms with van der Waals surface area (Å²) < 4.78 is 12.4. The van der Waals surface area contributed by atoms with Crippen LogP contribution in [0.3, 0.4) is 0 Å². The lowest BCUT2D eigenvalue weighted by atomic mass is 9.71. The first-order valence-electron chi connectivity index (χ1n) is 8.60. The normalized spacial score (nSPS) is 32.8. The van der Waals surface area contributed by atoms with Gasteiger partial charge in [-0.25, -0.2) is 0 Å². The van der Waals surface area contributed by atoms with Crippen molar-refractivity contribution in [3.8, 4) is 0 Å². The largest absolute Gasteiger partial charge is 0.347 e. The van der Waals surface area contributed by atoms with Gasteiger partial charge in [0, 0.05) is 25.9 Å². The maximum atomic E-state index is 6.29. The van der Waals surface area contributed by atoms with Crippen LogP contribution in [0, 0.1) is 11.3 Å². The summed E-state index contributed by atoms with van der Waals surface area (Å²) in [6, 6.07) is 0. The smallest absolute Gasteiger partial charge is 0.168 e. The summed E-state index contributed by atoms with van der Waals surface area (Å²) >= 11 is 0. The number of nitrogens with zero attached hydrogens (tertiary/aromatic N) is 1. The fourth-order valence-electron chi connectivity index (χ4n) is 3.63. The zero-order valence-electron chi connectivity index (χ0n) is 14.8. The lowest BCUT2D eigenvalue weighted by Gasteiger charge is -2.41. The molecule has 1 unspecified atom stereocenters. The molecule has 4 nitrogen and oxygen atoms in total. The van der Waals surface area contributed by atoms with Crippen molar-refractivity contribution in [1.82, 2.24) is 5.06 Å². The Morgan fingerprint density at radius 2 is 2.00 bits per heavy atom. The summed E-state index contributed by atoms with van der Waals surface area (Å²) in [6.45, 7) is 13.1. The first-order chi connectivity index (χ1) is 10.4. The summed E-state index contributed by atoms with van der Waals surface area (Å²) in [4.78, 5) is 5.30. The molecule has 0 radical (unpaired) electrons. The fraction of sp³-hybridized carbons (Fsp3) is 0.889. The third-order valence-corrected chi connectivity index (χ3v) is 5.18. The molecule has 1 aliphatic heterocycles. The van der Waals surface area contributed by atoms with Gasteiger partial charge in [-0.2, -0.15) is 5.06 Å². The zero-order chi connectivity index (χ0) is 16.2. The van der Waals surface area contributed by atoms with Crippen LogP contribution in [0.4, 0.5) is 0 Å². The van der Waals surface area contributed by atoms with Crippen molar-refractivity contribution in [1.29, 1.82) is 0 Å². The minimum atomic E-state index is -0.303. The van der Waals surface area contributed by atoms with Crippen LogP contribution < -0.4 is 0 Å². The summed E-state index contributed by atoms with van der Waals surface area (Å²) in [5, 5.41) is 1.90. The van der Waals surface area contributed by atoms with Crippen LogP contribution >= 0.6 is 0 Å². The van der Waals surface area contributed by atoms with E-state index in [1.54, 1.807) is 7.11 Å². The number of hydrogen-bond acceptors (Lipinski definition) is 4. The molecule has 2 aliphatic rings. The minimum Gasteiger partial charge on any atom is -0.347 e. The van der Waals surface area contributed by atoms with Gasteiger partial charge in [0.15, 0.2) is 5.79 Å². The van der Waals surface area contributed by atoms with Gasteiger partial charge in [0.25, 0.3) is 0 Å². The van der Waals surface area contributed by atoms with E-state index >= 15 is 0 Å². The second kappa shape index (κ2) is 7.43. The van der Waals surface area contributed by atoms with Gasteiger partial charge in [-0.15, -0.1) is 6.58 Å². The Bertz CT molecular complexity index is 356. The third kappa shape index (κ3) is 4.54. The molecule has 128 valence electrons. The van der Waals surface area contributed by atoms with E-state index in [1.807, 2.05) is 11.1 Å². The SMILES string of the molecule is C=CCN(CCC1COC2(CCC(C(C)(C)C)CC2)O1)OC. The number of hydrogen-bond donors (Lipinski definition) is 0. The van der Waals surface area contributed by atoms with E-state index in [9.17, 15) is 0 Å². The van der Waals surface area contributed by atoms with Gasteiger partial charge in [0.05, 0.1) is 19.8 Å². The highest BCUT2D eigenvalue weighted by Crippen LogP contribution is 2.45. The topological polar surface area (TPSA) is 30.9 Å². The number of rotatable bonds is 6. The van der Waals surface area contributed by atoms with Crippen molar-refractivity contribution in [3.63, 3.8) is 0 Å². The zero-order valence-corrected chi connectivity index (χ0v) is 14.8. The van der Waals surface area contributed by atoms with Crippen LogP contribution in [-0.4, -0.2) is 43.8 Å². The molecule has 0 N–H and O–H groups in total. The van der Waals surface area contributed by atoms with Crippen molar-refractivity contribution in [2.75, 3.05) is 26.8 Å². The molecule has 1 spiro atoms. The Balaban J connectivity index is 1.77. The molecule has 0 bridgehead atoms. The van der Waals surface area contributed by atoms with E-state index in [0.717, 1.165) is 38.3 Å². The average Bonchev–Trinajstić information content (AvgIpc) is 2.86. The summed E-state index contributed by atoms with van der Waals surface area (Å²) in [5.41, 5.74) is 0.392. The van der Waals surface area contributed by atoms with Gasteiger partial charge in [-0.3, -0.25) is 0 Å². The fourth-order valence-corrected chi connectivity index (χ4v) is 3.63. The Morgan fingerprint density at radius 1 is 1.32 bits per heavy atom. The van der Waals surface area contributed by atoms with Crippen LogP contribution in [0.15, 0.2) is 12.7 Å². The Morgan fingerprint density at radius 3 is 2.55 bits per heavy atom. The van der Waals surface area contributed by atoms with Crippen molar-refractivity contribution in [3.05, 3.63) is 12.7 Å². The molecule has 1 saturated carbocycles. The van der Waals surface area contributed by atoms with Gasteiger partial charge in [0.2, 0.25) is 0 Å². The van der Waals surface area contributed by atoms with E-state index in [4.69, 9.17) is 14.3 Å². The highest BCUT2D eigenvalue weighted by atomic mass is 16.7. The molecule has 1 heterocycles. The molecule has 22 heavy (non-hydrogen) atoms. The summed E-state index contributed by atoms with van der Waals surface area (Å²) in [7, 11) is 1.70. The highest BCUT2D eigenvalue weighted by Gasteiger charge is 2.45. The second-order valence-electron chi connectivity index (χ2n) is 7.75. The van der Waals surface area contributed by atoms with Crippen molar-refractivity contribution < 1.29 is 14.3 Å². The standard InChI is InChI=1S/C18H33NO3/c1-6-12-19(20-5)13-9-16-14-21-18(22-16)10-7-15(8-11-18)17(2,3)4/h6,15-16H,1,7-14H2,2-5H3.